The number of nitrogens with two attached hydrogens (primary N) is 1. The van der Waals surface area contributed by atoms with Gasteiger partial charge >= 0.3 is 0 Å². The smallest absolute Gasteiger partial charge is 0.261 e. The molecule has 0 unspecified atom stereocenters. The molecule has 1 amide bonds. The van der Waals surface area contributed by atoms with Crippen LogP contribution < -0.4 is 11.1 Å². The lowest BCUT2D eigenvalue weighted by atomic mass is 9.87. The van der Waals surface area contributed by atoms with Crippen LogP contribution in [-0.2, 0) is 0 Å². The SMILES string of the molecule is Cc1cc(C(=O)NCCC2CCCCC2)sc1C#CCN. The molecule has 0 aromatic carbocycles. The van der Waals surface area contributed by atoms with Crippen LogP contribution in [-0.4, -0.2) is 19.0 Å². The molecule has 0 radical (unpaired) electrons. The zero-order valence-electron chi connectivity index (χ0n) is 12.7. The van der Waals surface area contributed by atoms with Gasteiger partial charge in [0.1, 0.15) is 0 Å². The van der Waals surface area contributed by atoms with Crippen molar-refractivity contribution < 1.29 is 4.79 Å². The van der Waals surface area contributed by atoms with Gasteiger partial charge in [0.15, 0.2) is 0 Å². The largest absolute Gasteiger partial charge is 0.351 e. The molecule has 1 aliphatic rings. The molecule has 114 valence electrons. The topological polar surface area (TPSA) is 55.1 Å². The maximum atomic E-state index is 12.2. The molecular weight excluding hydrogens is 280 g/mol. The molecule has 1 aliphatic carbocycles. The van der Waals surface area contributed by atoms with Crippen LogP contribution in [0.5, 0.6) is 0 Å². The van der Waals surface area contributed by atoms with Gasteiger partial charge in [0.25, 0.3) is 5.91 Å². The van der Waals surface area contributed by atoms with Crippen molar-refractivity contribution in [2.24, 2.45) is 11.7 Å². The Balaban J connectivity index is 1.82. The van der Waals surface area contributed by atoms with E-state index in [1.165, 1.54) is 43.4 Å². The number of carbonyl (C=O) groups is 1. The van der Waals surface area contributed by atoms with Crippen molar-refractivity contribution in [3.05, 3.63) is 21.4 Å². The Morgan fingerprint density at radius 1 is 1.43 bits per heavy atom. The third kappa shape index (κ3) is 4.87. The molecule has 1 aromatic heterocycles. The molecule has 4 heteroatoms. The summed E-state index contributed by atoms with van der Waals surface area (Å²) in [5, 5.41) is 3.04. The van der Waals surface area contributed by atoms with E-state index in [1.807, 2.05) is 13.0 Å². The molecule has 0 bridgehead atoms. The Kier molecular flexibility index (Phi) is 6.28. The van der Waals surface area contributed by atoms with Crippen LogP contribution in [0.3, 0.4) is 0 Å². The molecule has 0 spiro atoms. The summed E-state index contributed by atoms with van der Waals surface area (Å²) in [5.74, 6) is 6.69. The molecule has 21 heavy (non-hydrogen) atoms. The molecule has 0 aliphatic heterocycles. The second kappa shape index (κ2) is 8.21. The first-order chi connectivity index (χ1) is 10.2. The summed E-state index contributed by atoms with van der Waals surface area (Å²) in [6.07, 6.45) is 7.84. The van der Waals surface area contributed by atoms with E-state index in [2.05, 4.69) is 17.2 Å². The van der Waals surface area contributed by atoms with Gasteiger partial charge in [0.2, 0.25) is 0 Å². The van der Waals surface area contributed by atoms with Crippen LogP contribution >= 0.6 is 11.3 Å². The van der Waals surface area contributed by atoms with Gasteiger partial charge in [-0.15, -0.1) is 11.3 Å². The summed E-state index contributed by atoms with van der Waals surface area (Å²) >= 11 is 1.45. The first kappa shape index (κ1) is 16.1. The number of rotatable bonds is 4. The van der Waals surface area contributed by atoms with E-state index in [0.29, 0.717) is 6.54 Å². The zero-order chi connectivity index (χ0) is 15.1. The van der Waals surface area contributed by atoms with Gasteiger partial charge < -0.3 is 11.1 Å². The fourth-order valence-electron chi connectivity index (χ4n) is 2.80. The Hall–Kier alpha value is -1.31. The van der Waals surface area contributed by atoms with E-state index >= 15 is 0 Å². The van der Waals surface area contributed by atoms with E-state index < -0.39 is 0 Å². The minimum atomic E-state index is 0.0275. The number of hydrogen-bond donors (Lipinski definition) is 2. The molecule has 1 saturated carbocycles. The molecule has 3 N–H and O–H groups in total. The van der Waals surface area contributed by atoms with Gasteiger partial charge in [-0.05, 0) is 30.9 Å². The zero-order valence-corrected chi connectivity index (χ0v) is 13.5. The second-order valence-corrected chi connectivity index (χ2v) is 6.73. The van der Waals surface area contributed by atoms with Crippen molar-refractivity contribution in [3.63, 3.8) is 0 Å². The highest BCUT2D eigenvalue weighted by atomic mass is 32.1. The molecule has 2 rings (SSSR count). The summed E-state index contributed by atoms with van der Waals surface area (Å²) in [4.78, 5) is 13.8. The maximum absolute atomic E-state index is 12.2. The molecule has 1 aromatic rings. The fraction of sp³-hybridized carbons (Fsp3) is 0.588. The van der Waals surface area contributed by atoms with Gasteiger partial charge in [0, 0.05) is 6.54 Å². The molecule has 0 saturated heterocycles. The summed E-state index contributed by atoms with van der Waals surface area (Å²) in [7, 11) is 0. The number of aryl methyl sites for hydroxylation is 1. The monoisotopic (exact) mass is 304 g/mol. The van der Waals surface area contributed by atoms with Crippen LogP contribution in [0.4, 0.5) is 0 Å². The Labute approximate surface area is 131 Å². The third-order valence-electron chi connectivity index (χ3n) is 4.01. The van der Waals surface area contributed by atoms with Crippen molar-refractivity contribution in [3.8, 4) is 11.8 Å². The number of amides is 1. The summed E-state index contributed by atoms with van der Waals surface area (Å²) in [6.45, 7) is 3.11. The summed E-state index contributed by atoms with van der Waals surface area (Å²) in [5.41, 5.74) is 6.44. The summed E-state index contributed by atoms with van der Waals surface area (Å²) < 4.78 is 0. The predicted molar refractivity (Wildman–Crippen MR) is 88.5 cm³/mol. The van der Waals surface area contributed by atoms with Crippen molar-refractivity contribution in [2.75, 3.05) is 13.1 Å². The van der Waals surface area contributed by atoms with Crippen LogP contribution in [0.25, 0.3) is 0 Å². The van der Waals surface area contributed by atoms with Crippen LogP contribution in [0.2, 0.25) is 0 Å². The van der Waals surface area contributed by atoms with Gasteiger partial charge in [-0.2, -0.15) is 0 Å². The van der Waals surface area contributed by atoms with Gasteiger partial charge in [-0.1, -0.05) is 43.9 Å². The Morgan fingerprint density at radius 2 is 2.19 bits per heavy atom. The standard InChI is InChI=1S/C17H24N2OS/c1-13-12-16(21-15(13)8-5-10-18)17(20)19-11-9-14-6-3-2-4-7-14/h12,14H,2-4,6-7,9-11,18H2,1H3,(H,19,20). The lowest BCUT2D eigenvalue weighted by molar-refractivity contribution is 0.0954. The number of carbonyl (C=O) groups excluding carboxylic acids is 1. The Bertz CT molecular complexity index is 533. The van der Waals surface area contributed by atoms with Crippen LogP contribution in [0.1, 0.15) is 58.6 Å². The lowest BCUT2D eigenvalue weighted by Crippen LogP contribution is -2.25. The second-order valence-electron chi connectivity index (χ2n) is 5.68. The quantitative estimate of drug-likeness (QED) is 0.840. The fourth-order valence-corrected chi connectivity index (χ4v) is 3.77. The van der Waals surface area contributed by atoms with E-state index in [-0.39, 0.29) is 5.91 Å². The average molecular weight is 304 g/mol. The predicted octanol–water partition coefficient (Wildman–Crippen LogP) is 3.07. The van der Waals surface area contributed by atoms with Gasteiger partial charge in [0.05, 0.1) is 16.3 Å². The normalized spacial score (nSPS) is 15.3. The van der Waals surface area contributed by atoms with E-state index in [4.69, 9.17) is 5.73 Å². The van der Waals surface area contributed by atoms with Crippen molar-refractivity contribution in [2.45, 2.75) is 45.4 Å². The maximum Gasteiger partial charge on any atom is 0.261 e. The Morgan fingerprint density at radius 3 is 2.90 bits per heavy atom. The first-order valence-corrected chi connectivity index (χ1v) is 8.60. The van der Waals surface area contributed by atoms with Crippen molar-refractivity contribution in [1.82, 2.24) is 5.32 Å². The molecular formula is C17H24N2OS. The van der Waals surface area contributed by atoms with Gasteiger partial charge in [-0.3, -0.25) is 4.79 Å². The molecule has 3 nitrogen and oxygen atoms in total. The van der Waals surface area contributed by atoms with Crippen LogP contribution in [0, 0.1) is 24.7 Å². The van der Waals surface area contributed by atoms with Gasteiger partial charge in [-0.25, -0.2) is 0 Å². The first-order valence-electron chi connectivity index (χ1n) is 7.78. The summed E-state index contributed by atoms with van der Waals surface area (Å²) in [6, 6.07) is 1.92. The average Bonchev–Trinajstić information content (AvgIpc) is 2.87. The number of hydrogen-bond acceptors (Lipinski definition) is 3. The highest BCUT2D eigenvalue weighted by Crippen LogP contribution is 2.26. The highest BCUT2D eigenvalue weighted by Gasteiger charge is 2.15. The van der Waals surface area contributed by atoms with E-state index in [1.54, 1.807) is 0 Å². The molecule has 1 fully saturated rings. The molecule has 0 atom stereocenters. The molecule has 1 heterocycles. The minimum Gasteiger partial charge on any atom is -0.351 e. The minimum absolute atomic E-state index is 0.0275. The van der Waals surface area contributed by atoms with E-state index in [0.717, 1.165) is 34.2 Å². The number of nitrogens with one attached hydrogen (secondary N) is 1. The van der Waals surface area contributed by atoms with Crippen molar-refractivity contribution >= 4 is 17.2 Å². The number of thiophene rings is 1. The van der Waals surface area contributed by atoms with Crippen molar-refractivity contribution in [1.29, 1.82) is 0 Å². The lowest BCUT2D eigenvalue weighted by Gasteiger charge is -2.21. The third-order valence-corrected chi connectivity index (χ3v) is 5.16. The highest BCUT2D eigenvalue weighted by molar-refractivity contribution is 7.14. The van der Waals surface area contributed by atoms with E-state index in [9.17, 15) is 4.79 Å². The van der Waals surface area contributed by atoms with Crippen LogP contribution in [0.15, 0.2) is 6.07 Å².